The summed E-state index contributed by atoms with van der Waals surface area (Å²) in [5.41, 5.74) is 10.8. The number of H-pyrrole nitrogens is 4. The van der Waals surface area contributed by atoms with E-state index in [1.807, 2.05) is 18.2 Å². The summed E-state index contributed by atoms with van der Waals surface area (Å²) in [6.07, 6.45) is 4.56. The number of aromatic nitrogens is 4. The van der Waals surface area contributed by atoms with E-state index in [0.717, 1.165) is 16.6 Å². The molecule has 0 spiro atoms. The lowest BCUT2D eigenvalue weighted by atomic mass is 10.2. The molecule has 52 heavy (non-hydrogen) atoms. The third-order valence-corrected chi connectivity index (χ3v) is 8.83. The van der Waals surface area contributed by atoms with Gasteiger partial charge in [-0.15, -0.1) is 23.2 Å². The van der Waals surface area contributed by atoms with Gasteiger partial charge in [0.2, 0.25) is 0 Å². The molecule has 16 nitrogen and oxygen atoms in total. The molecule has 4 heterocycles. The largest absolute Gasteiger partial charge is 0.370 e. The zero-order valence-corrected chi connectivity index (χ0v) is 30.2. The molecule has 0 saturated carbocycles. The van der Waals surface area contributed by atoms with Crippen molar-refractivity contribution in [3.8, 4) is 0 Å². The number of halogens is 2. The Bertz CT molecular complexity index is 2120. The number of guanidine groups is 1. The second-order valence-electron chi connectivity index (χ2n) is 11.9. The van der Waals surface area contributed by atoms with Gasteiger partial charge in [0, 0.05) is 89.8 Å². The van der Waals surface area contributed by atoms with E-state index in [9.17, 15) is 19.2 Å². The molecule has 0 saturated heterocycles. The van der Waals surface area contributed by atoms with Crippen molar-refractivity contribution in [1.29, 1.82) is 5.41 Å². The molecule has 1 aromatic carbocycles. The van der Waals surface area contributed by atoms with Crippen LogP contribution in [0, 0.1) is 26.2 Å². The molecule has 0 aliphatic heterocycles. The Hall–Kier alpha value is -5.87. The monoisotopic (exact) mass is 750 g/mol. The topological polar surface area (TPSA) is 245 Å². The van der Waals surface area contributed by atoms with Crippen LogP contribution in [0.15, 0.2) is 42.9 Å². The van der Waals surface area contributed by atoms with Crippen molar-refractivity contribution in [3.05, 3.63) is 82.3 Å². The summed E-state index contributed by atoms with van der Waals surface area (Å²) in [4.78, 5) is 66.2. The second-order valence-corrected chi connectivity index (χ2v) is 12.6. The first kappa shape index (κ1) is 37.4. The van der Waals surface area contributed by atoms with Crippen molar-refractivity contribution in [2.24, 2.45) is 5.73 Å². The number of hydrogen-bond acceptors (Lipinski definition) is 6. The van der Waals surface area contributed by atoms with Crippen molar-refractivity contribution in [3.63, 3.8) is 0 Å². The summed E-state index contributed by atoms with van der Waals surface area (Å²) in [6.45, 7) is 6.89. The molecule has 0 aliphatic carbocycles. The molecule has 0 aliphatic rings. The first-order valence-corrected chi connectivity index (χ1v) is 17.3. The number of nitrogens with one attached hydrogen (secondary N) is 10. The lowest BCUT2D eigenvalue weighted by molar-refractivity contribution is 0.0947. The van der Waals surface area contributed by atoms with Crippen LogP contribution in [-0.2, 0) is 0 Å². The quantitative estimate of drug-likeness (QED) is 0.0320. The number of carbonyl (C=O) groups is 4. The molecule has 0 atom stereocenters. The lowest BCUT2D eigenvalue weighted by Gasteiger charge is -2.22. The van der Waals surface area contributed by atoms with Gasteiger partial charge in [0.05, 0.1) is 17.1 Å². The molecule has 274 valence electrons. The van der Waals surface area contributed by atoms with E-state index in [1.165, 1.54) is 12.4 Å². The second kappa shape index (κ2) is 16.4. The molecule has 0 radical (unpaired) electrons. The van der Waals surface area contributed by atoms with Crippen LogP contribution < -0.4 is 37.2 Å². The van der Waals surface area contributed by atoms with Crippen LogP contribution in [0.1, 0.15) is 58.6 Å². The molecule has 12 N–H and O–H groups in total. The summed E-state index contributed by atoms with van der Waals surface area (Å²) >= 11 is 11.9. The number of alkyl halides is 2. The maximum absolute atomic E-state index is 13.3. The number of fused-ring (bicyclic) bond motifs is 1. The van der Waals surface area contributed by atoms with Crippen LogP contribution in [0.25, 0.3) is 10.9 Å². The molecule has 4 aromatic heterocycles. The summed E-state index contributed by atoms with van der Waals surface area (Å²) in [6, 6.07) is 7.58. The van der Waals surface area contributed by atoms with Gasteiger partial charge < -0.3 is 57.2 Å². The van der Waals surface area contributed by atoms with Crippen molar-refractivity contribution >= 4 is 86.4 Å². The molecule has 18 heteroatoms. The zero-order valence-electron chi connectivity index (χ0n) is 28.7. The van der Waals surface area contributed by atoms with Gasteiger partial charge in [0.15, 0.2) is 5.96 Å². The van der Waals surface area contributed by atoms with Gasteiger partial charge in [-0.1, -0.05) is 0 Å². The Labute approximate surface area is 308 Å². The van der Waals surface area contributed by atoms with Gasteiger partial charge in [-0.2, -0.15) is 0 Å². The lowest BCUT2D eigenvalue weighted by Crippen LogP contribution is -2.37. The fourth-order valence-corrected chi connectivity index (χ4v) is 6.03. The predicted molar refractivity (Wildman–Crippen MR) is 205 cm³/mol. The van der Waals surface area contributed by atoms with Crippen molar-refractivity contribution in [1.82, 2.24) is 30.6 Å². The van der Waals surface area contributed by atoms with Gasteiger partial charge >= 0.3 is 0 Å². The van der Waals surface area contributed by atoms with E-state index >= 15 is 0 Å². The fourth-order valence-electron chi connectivity index (χ4n) is 5.62. The molecule has 0 bridgehead atoms. The van der Waals surface area contributed by atoms with Gasteiger partial charge in [0.1, 0.15) is 22.8 Å². The molecule has 4 amide bonds. The Morgan fingerprint density at radius 3 is 1.69 bits per heavy atom. The fraction of sp³-hybridized carbons (Fsp3) is 0.265. The maximum atomic E-state index is 13.3. The van der Waals surface area contributed by atoms with Crippen LogP contribution in [0.5, 0.6) is 0 Å². The number of amides is 4. The Morgan fingerprint density at radius 2 is 1.19 bits per heavy atom. The van der Waals surface area contributed by atoms with Gasteiger partial charge in [-0.3, -0.25) is 24.6 Å². The summed E-state index contributed by atoms with van der Waals surface area (Å²) in [7, 11) is 0. The summed E-state index contributed by atoms with van der Waals surface area (Å²) in [5, 5.41) is 21.8. The van der Waals surface area contributed by atoms with E-state index in [-0.39, 0.29) is 47.9 Å². The Morgan fingerprint density at radius 1 is 0.712 bits per heavy atom. The van der Waals surface area contributed by atoms with Gasteiger partial charge in [-0.25, -0.2) is 0 Å². The number of carbonyl (C=O) groups excluding carboxylic acids is 4. The van der Waals surface area contributed by atoms with E-state index in [0.29, 0.717) is 64.3 Å². The number of aromatic amines is 4. The van der Waals surface area contributed by atoms with Crippen LogP contribution in [-0.4, -0.2) is 87.5 Å². The van der Waals surface area contributed by atoms with E-state index < -0.39 is 11.8 Å². The zero-order chi connectivity index (χ0) is 37.5. The first-order chi connectivity index (χ1) is 24.9. The van der Waals surface area contributed by atoms with Crippen LogP contribution in [0.4, 0.5) is 22.7 Å². The van der Waals surface area contributed by atoms with Crippen LogP contribution in [0.2, 0.25) is 0 Å². The molecule has 5 rings (SSSR count). The Balaban J connectivity index is 1.20. The number of anilines is 4. The smallest absolute Gasteiger partial charge is 0.272 e. The first-order valence-electron chi connectivity index (χ1n) is 16.3. The summed E-state index contributed by atoms with van der Waals surface area (Å²) in [5.74, 6) is -0.992. The standard InChI is InChI=1S/C34H40Cl2N12O4/c1-17-25(15-41-27(17)31(50)39-8-9-40-34(37)38)46-33(52)29-19(3)26(16-43-29)47-32(51)28-18(2)24(14-42-28)45-30(49)23-13-20-12-21(4-5-22(20)44-23)48(10-6-35)11-7-36/h4-5,12-16,41-44H,6-11H2,1-3H3,(H,39,50)(H,45,49)(H,46,52)(H,47,51)(H4,37,38,40). The molecule has 0 unspecified atom stereocenters. The highest BCUT2D eigenvalue weighted by Gasteiger charge is 2.22. The molecule has 0 fully saturated rings. The highest BCUT2D eigenvalue weighted by molar-refractivity contribution is 6.18. The molecular formula is C34H40Cl2N12O4. The number of hydrogen-bond donors (Lipinski definition) is 11. The summed E-state index contributed by atoms with van der Waals surface area (Å²) < 4.78 is 0. The van der Waals surface area contributed by atoms with E-state index in [1.54, 1.807) is 33.0 Å². The van der Waals surface area contributed by atoms with Crippen LogP contribution in [0.3, 0.4) is 0 Å². The maximum Gasteiger partial charge on any atom is 0.272 e. The van der Waals surface area contributed by atoms with Crippen molar-refractivity contribution < 1.29 is 19.2 Å². The number of benzene rings is 1. The SMILES string of the molecule is Cc1c(NC(=O)c2cc3cc(N(CCCl)CCCl)ccc3[nH]2)c[nH]c1C(=O)Nc1c[nH]c(C(=O)Nc2c[nH]c(C(=O)NCCNC(=N)N)c2C)c1C. The predicted octanol–water partition coefficient (Wildman–Crippen LogP) is 4.33. The van der Waals surface area contributed by atoms with Gasteiger partial charge in [0.25, 0.3) is 23.6 Å². The minimum absolute atomic E-state index is 0.195. The normalized spacial score (nSPS) is 10.9. The highest BCUT2D eigenvalue weighted by atomic mass is 35.5. The molecular weight excluding hydrogens is 711 g/mol. The average molecular weight is 752 g/mol. The minimum atomic E-state index is -0.477. The van der Waals surface area contributed by atoms with Crippen molar-refractivity contribution in [2.75, 3.05) is 58.8 Å². The van der Waals surface area contributed by atoms with E-state index in [2.05, 4.69) is 51.4 Å². The van der Waals surface area contributed by atoms with Crippen LogP contribution >= 0.6 is 23.2 Å². The third-order valence-electron chi connectivity index (χ3n) is 8.49. The number of nitrogens with zero attached hydrogens (tertiary/aromatic N) is 1. The molecule has 5 aromatic rings. The Kier molecular flexibility index (Phi) is 11.8. The number of rotatable bonds is 15. The third kappa shape index (κ3) is 8.35. The number of nitrogens with two attached hydrogens (primary N) is 1. The van der Waals surface area contributed by atoms with Gasteiger partial charge in [-0.05, 0) is 45.0 Å². The van der Waals surface area contributed by atoms with Crippen molar-refractivity contribution in [2.45, 2.75) is 20.8 Å². The average Bonchev–Trinajstić information content (AvgIpc) is 3.89. The van der Waals surface area contributed by atoms with E-state index in [4.69, 9.17) is 34.3 Å². The minimum Gasteiger partial charge on any atom is -0.370 e. The highest BCUT2D eigenvalue weighted by Crippen LogP contribution is 2.27.